The number of carbonyl (C=O) groups is 2. The molecule has 162 valence electrons. The van der Waals surface area contributed by atoms with Crippen LogP contribution in [-0.4, -0.2) is 38.7 Å². The number of nitrogens with one attached hydrogen (secondary N) is 1. The van der Waals surface area contributed by atoms with Gasteiger partial charge in [-0.05, 0) is 36.1 Å². The molecule has 2 aromatic carbocycles. The first-order valence-electron chi connectivity index (χ1n) is 9.49. The van der Waals surface area contributed by atoms with Crippen LogP contribution in [0, 0.1) is 5.82 Å². The Balaban J connectivity index is 0.000000366. The molecule has 3 rings (SSSR count). The van der Waals surface area contributed by atoms with E-state index in [0.717, 1.165) is 29.7 Å². The number of aromatic amines is 1. The lowest BCUT2D eigenvalue weighted by Gasteiger charge is -2.19. The highest BCUT2D eigenvalue weighted by Gasteiger charge is 2.14. The van der Waals surface area contributed by atoms with Crippen molar-refractivity contribution in [3.63, 3.8) is 0 Å². The van der Waals surface area contributed by atoms with E-state index in [9.17, 15) is 14.0 Å². The van der Waals surface area contributed by atoms with Gasteiger partial charge in [0, 0.05) is 30.6 Å². The van der Waals surface area contributed by atoms with E-state index in [1.165, 1.54) is 12.1 Å². The zero-order valence-corrected chi connectivity index (χ0v) is 16.6. The van der Waals surface area contributed by atoms with E-state index < -0.39 is 11.9 Å². The number of hydrogen-bond acceptors (Lipinski definition) is 4. The molecule has 1 atom stereocenters. The van der Waals surface area contributed by atoms with Crippen LogP contribution in [0.4, 0.5) is 4.39 Å². The standard InChI is InChI=1S/C19H19FN2O.C4H4O4/c20-17-10-8-16(9-11-17)19(15-5-2-1-3-6-15)23-12-4-7-18-13-21-14-22-18;5-3(6)1-2-4(7)8/h1-3,5-6,8-11,13-14,19H,4,7,12H2,(H,21,22);1-2H,(H,5,6)(H,7,8)/b;2-1-. The van der Waals surface area contributed by atoms with Crippen LogP contribution in [0.1, 0.15) is 29.3 Å². The van der Waals surface area contributed by atoms with Crippen molar-refractivity contribution in [3.8, 4) is 0 Å². The van der Waals surface area contributed by atoms with Gasteiger partial charge in [-0.25, -0.2) is 19.0 Å². The molecule has 0 saturated carbocycles. The van der Waals surface area contributed by atoms with Crippen LogP contribution >= 0.6 is 0 Å². The largest absolute Gasteiger partial charge is 0.478 e. The van der Waals surface area contributed by atoms with Gasteiger partial charge in [-0.2, -0.15) is 0 Å². The SMILES string of the molecule is Fc1ccc(C(OCCCc2cnc[nH]2)c2ccccc2)cc1.O=C(O)/C=C\C(=O)O. The summed E-state index contributed by atoms with van der Waals surface area (Å²) in [6.07, 6.45) is 6.23. The summed E-state index contributed by atoms with van der Waals surface area (Å²) < 4.78 is 19.3. The highest BCUT2D eigenvalue weighted by molar-refractivity contribution is 5.89. The predicted octanol–water partition coefficient (Wildman–Crippen LogP) is 4.00. The molecule has 8 heteroatoms. The molecule has 3 aromatic rings. The molecule has 0 aliphatic rings. The van der Waals surface area contributed by atoms with Crippen LogP contribution in [-0.2, 0) is 20.7 Å². The van der Waals surface area contributed by atoms with Crippen LogP contribution in [0.3, 0.4) is 0 Å². The molecule has 0 spiro atoms. The average Bonchev–Trinajstić information content (AvgIpc) is 3.28. The molecule has 3 N–H and O–H groups in total. The van der Waals surface area contributed by atoms with Crippen molar-refractivity contribution in [2.75, 3.05) is 6.61 Å². The Hall–Kier alpha value is -3.78. The molecular weight excluding hydrogens is 403 g/mol. The molecule has 0 amide bonds. The average molecular weight is 426 g/mol. The summed E-state index contributed by atoms with van der Waals surface area (Å²) in [7, 11) is 0. The second-order valence-electron chi connectivity index (χ2n) is 6.40. The minimum atomic E-state index is -1.26. The van der Waals surface area contributed by atoms with E-state index in [4.69, 9.17) is 14.9 Å². The lowest BCUT2D eigenvalue weighted by atomic mass is 10.0. The van der Waals surface area contributed by atoms with Gasteiger partial charge in [0.15, 0.2) is 0 Å². The molecule has 0 bridgehead atoms. The van der Waals surface area contributed by atoms with Gasteiger partial charge in [0.25, 0.3) is 0 Å². The number of carboxylic acids is 2. The Kier molecular flexibility index (Phi) is 9.64. The van der Waals surface area contributed by atoms with Gasteiger partial charge < -0.3 is 19.9 Å². The number of hydrogen-bond donors (Lipinski definition) is 3. The molecule has 0 radical (unpaired) electrons. The number of imidazole rings is 1. The van der Waals surface area contributed by atoms with Gasteiger partial charge in [-0.1, -0.05) is 42.5 Å². The molecular formula is C23H23FN2O5. The van der Waals surface area contributed by atoms with Crippen LogP contribution in [0.25, 0.3) is 0 Å². The summed E-state index contributed by atoms with van der Waals surface area (Å²) in [6, 6.07) is 16.5. The van der Waals surface area contributed by atoms with Crippen molar-refractivity contribution < 1.29 is 28.9 Å². The Morgan fingerprint density at radius 3 is 2.16 bits per heavy atom. The van der Waals surface area contributed by atoms with Crippen LogP contribution in [0.15, 0.2) is 79.3 Å². The van der Waals surface area contributed by atoms with E-state index in [2.05, 4.69) is 9.97 Å². The van der Waals surface area contributed by atoms with E-state index >= 15 is 0 Å². The van der Waals surface area contributed by atoms with Gasteiger partial charge in [-0.3, -0.25) is 0 Å². The van der Waals surface area contributed by atoms with Gasteiger partial charge in [0.05, 0.1) is 6.33 Å². The summed E-state index contributed by atoms with van der Waals surface area (Å²) in [5.41, 5.74) is 3.13. The monoisotopic (exact) mass is 426 g/mol. The van der Waals surface area contributed by atoms with Crippen LogP contribution in [0.5, 0.6) is 0 Å². The molecule has 0 fully saturated rings. The van der Waals surface area contributed by atoms with E-state index in [1.54, 1.807) is 18.5 Å². The summed E-state index contributed by atoms with van der Waals surface area (Å²) >= 11 is 0. The highest BCUT2D eigenvalue weighted by Crippen LogP contribution is 2.26. The summed E-state index contributed by atoms with van der Waals surface area (Å²) in [4.78, 5) is 26.2. The number of benzene rings is 2. The Labute approximate surface area is 178 Å². The van der Waals surface area contributed by atoms with Gasteiger partial charge >= 0.3 is 11.9 Å². The number of carboxylic acid groups (broad SMARTS) is 2. The first kappa shape index (κ1) is 23.5. The fourth-order valence-corrected chi connectivity index (χ4v) is 2.68. The first-order valence-corrected chi connectivity index (χ1v) is 9.49. The van der Waals surface area contributed by atoms with Crippen LogP contribution in [0.2, 0.25) is 0 Å². The van der Waals surface area contributed by atoms with Crippen molar-refractivity contribution in [2.45, 2.75) is 18.9 Å². The molecule has 1 heterocycles. The number of halogens is 1. The summed E-state index contributed by atoms with van der Waals surface area (Å²) in [5, 5.41) is 15.6. The zero-order chi connectivity index (χ0) is 22.5. The predicted molar refractivity (Wildman–Crippen MR) is 112 cm³/mol. The van der Waals surface area contributed by atoms with Crippen molar-refractivity contribution >= 4 is 11.9 Å². The third kappa shape index (κ3) is 9.05. The maximum absolute atomic E-state index is 13.2. The van der Waals surface area contributed by atoms with Gasteiger partial charge in [-0.15, -0.1) is 0 Å². The van der Waals surface area contributed by atoms with E-state index in [1.807, 2.05) is 36.5 Å². The van der Waals surface area contributed by atoms with Gasteiger partial charge in [0.1, 0.15) is 11.9 Å². The van der Waals surface area contributed by atoms with Crippen molar-refractivity contribution in [1.29, 1.82) is 0 Å². The lowest BCUT2D eigenvalue weighted by molar-refractivity contribution is -0.134. The number of rotatable bonds is 9. The van der Waals surface area contributed by atoms with Crippen LogP contribution < -0.4 is 0 Å². The normalized spacial score (nSPS) is 11.5. The third-order valence-electron chi connectivity index (χ3n) is 4.07. The second-order valence-corrected chi connectivity index (χ2v) is 6.40. The second kappa shape index (κ2) is 12.7. The number of H-pyrrole nitrogens is 1. The Morgan fingerprint density at radius 2 is 1.61 bits per heavy atom. The summed E-state index contributed by atoms with van der Waals surface area (Å²) in [5.74, 6) is -2.75. The molecule has 1 unspecified atom stereocenters. The summed E-state index contributed by atoms with van der Waals surface area (Å²) in [6.45, 7) is 0.621. The minimum Gasteiger partial charge on any atom is -0.478 e. The number of nitrogens with zero attached hydrogens (tertiary/aromatic N) is 1. The number of aliphatic carboxylic acids is 2. The molecule has 0 aliphatic carbocycles. The zero-order valence-electron chi connectivity index (χ0n) is 16.6. The van der Waals surface area contributed by atoms with E-state index in [-0.39, 0.29) is 11.9 Å². The molecule has 1 aromatic heterocycles. The fourth-order valence-electron chi connectivity index (χ4n) is 2.68. The third-order valence-corrected chi connectivity index (χ3v) is 4.07. The molecule has 31 heavy (non-hydrogen) atoms. The molecule has 0 saturated heterocycles. The minimum absolute atomic E-state index is 0.182. The first-order chi connectivity index (χ1) is 15.0. The van der Waals surface area contributed by atoms with Gasteiger partial charge in [0.2, 0.25) is 0 Å². The topological polar surface area (TPSA) is 113 Å². The maximum atomic E-state index is 13.2. The quantitative estimate of drug-likeness (QED) is 0.352. The highest BCUT2D eigenvalue weighted by atomic mass is 19.1. The Morgan fingerprint density at radius 1 is 1.00 bits per heavy atom. The molecule has 0 aliphatic heterocycles. The maximum Gasteiger partial charge on any atom is 0.328 e. The Bertz CT molecular complexity index is 941. The van der Waals surface area contributed by atoms with Crippen molar-refractivity contribution in [3.05, 3.63) is 102 Å². The fraction of sp³-hybridized carbons (Fsp3) is 0.174. The lowest BCUT2D eigenvalue weighted by Crippen LogP contribution is -2.08. The number of aromatic nitrogens is 2. The van der Waals surface area contributed by atoms with E-state index in [0.29, 0.717) is 18.8 Å². The molecule has 7 nitrogen and oxygen atoms in total. The number of ether oxygens (including phenoxy) is 1. The number of aryl methyl sites for hydroxylation is 1. The smallest absolute Gasteiger partial charge is 0.328 e. The van der Waals surface area contributed by atoms with Crippen molar-refractivity contribution in [1.82, 2.24) is 9.97 Å². The van der Waals surface area contributed by atoms with Crippen molar-refractivity contribution in [2.24, 2.45) is 0 Å².